The van der Waals surface area contributed by atoms with Crippen LogP contribution in [0.15, 0.2) is 42.5 Å². The minimum absolute atomic E-state index is 0. The molecule has 5 heteroatoms. The number of para-hydroxylation sites is 2. The van der Waals surface area contributed by atoms with E-state index >= 15 is 0 Å². The van der Waals surface area contributed by atoms with Gasteiger partial charge >= 0.3 is 0 Å². The summed E-state index contributed by atoms with van der Waals surface area (Å²) in [5.74, 6) is 1.86. The van der Waals surface area contributed by atoms with Crippen molar-refractivity contribution in [2.75, 3.05) is 20.8 Å². The third-order valence-electron chi connectivity index (χ3n) is 6.48. The van der Waals surface area contributed by atoms with Gasteiger partial charge in [0.15, 0.2) is 11.5 Å². The Morgan fingerprint density at radius 2 is 1.75 bits per heavy atom. The van der Waals surface area contributed by atoms with E-state index in [-0.39, 0.29) is 23.9 Å². The third kappa shape index (κ3) is 2.70. The summed E-state index contributed by atoms with van der Waals surface area (Å²) in [6.07, 6.45) is 4.98. The average Bonchev–Trinajstić information content (AvgIpc) is 3.34. The van der Waals surface area contributed by atoms with Crippen LogP contribution in [0.4, 0.5) is 0 Å². The van der Waals surface area contributed by atoms with Gasteiger partial charge in [0, 0.05) is 34.6 Å². The first-order valence-corrected chi connectivity index (χ1v) is 9.84. The minimum Gasteiger partial charge on any atom is -0.493 e. The number of methoxy groups -OCH3 is 2. The maximum absolute atomic E-state index is 5.78. The molecule has 2 N–H and O–H groups in total. The Labute approximate surface area is 172 Å². The molecule has 1 saturated carbocycles. The van der Waals surface area contributed by atoms with Gasteiger partial charge in [0.1, 0.15) is 0 Å². The fourth-order valence-corrected chi connectivity index (χ4v) is 5.25. The van der Waals surface area contributed by atoms with Crippen LogP contribution in [0.1, 0.15) is 48.4 Å². The molecule has 1 unspecified atom stereocenters. The third-order valence-corrected chi connectivity index (χ3v) is 6.48. The van der Waals surface area contributed by atoms with Crippen molar-refractivity contribution in [3.63, 3.8) is 0 Å². The van der Waals surface area contributed by atoms with Gasteiger partial charge in [-0.3, -0.25) is 0 Å². The Balaban J connectivity index is 0.00000192. The molecule has 2 heterocycles. The molecule has 3 aromatic rings. The molecule has 1 aliphatic carbocycles. The molecule has 0 saturated heterocycles. The van der Waals surface area contributed by atoms with Gasteiger partial charge in [-0.05, 0) is 30.5 Å². The standard InChI is InChI=1S/C23H26N2O2.ClH/c1-26-19-11-7-9-15(21(19)27-2)17-14-24-23(12-5-6-13-23)22-20(17)16-8-3-4-10-18(16)25-22;/h3-4,7-11,17,24-25H,5-6,12-14H2,1-2H3;1H. The second kappa shape index (κ2) is 7.34. The van der Waals surface area contributed by atoms with Crippen LogP contribution in [0.3, 0.4) is 0 Å². The minimum atomic E-state index is 0. The van der Waals surface area contributed by atoms with Gasteiger partial charge in [-0.1, -0.05) is 43.2 Å². The molecule has 0 amide bonds. The van der Waals surface area contributed by atoms with Crippen molar-refractivity contribution in [3.05, 3.63) is 59.3 Å². The Bertz CT molecular complexity index is 991. The number of ether oxygens (including phenoxy) is 2. The van der Waals surface area contributed by atoms with Gasteiger partial charge in [-0.25, -0.2) is 0 Å². The predicted molar refractivity (Wildman–Crippen MR) is 115 cm³/mol. The maximum atomic E-state index is 5.78. The molecule has 1 spiro atoms. The van der Waals surface area contributed by atoms with Gasteiger partial charge < -0.3 is 19.8 Å². The monoisotopic (exact) mass is 398 g/mol. The lowest BCUT2D eigenvalue weighted by Gasteiger charge is -2.39. The molecule has 0 bridgehead atoms. The number of nitrogens with one attached hydrogen (secondary N) is 2. The van der Waals surface area contributed by atoms with Crippen LogP contribution in [0, 0.1) is 0 Å². The van der Waals surface area contributed by atoms with Crippen LogP contribution in [0.25, 0.3) is 10.9 Å². The first-order chi connectivity index (χ1) is 13.3. The van der Waals surface area contributed by atoms with Crippen molar-refractivity contribution < 1.29 is 9.47 Å². The summed E-state index contributed by atoms with van der Waals surface area (Å²) < 4.78 is 11.3. The van der Waals surface area contributed by atoms with Crippen LogP contribution in [0.5, 0.6) is 11.5 Å². The normalized spacial score (nSPS) is 20.0. The molecule has 4 nitrogen and oxygen atoms in total. The van der Waals surface area contributed by atoms with E-state index in [0.717, 1.165) is 18.0 Å². The number of aromatic amines is 1. The van der Waals surface area contributed by atoms with E-state index in [9.17, 15) is 0 Å². The quantitative estimate of drug-likeness (QED) is 0.644. The molecule has 1 aliphatic heterocycles. The number of fused-ring (bicyclic) bond motifs is 4. The maximum Gasteiger partial charge on any atom is 0.164 e. The summed E-state index contributed by atoms with van der Waals surface area (Å²) in [6.45, 7) is 0.915. The predicted octanol–water partition coefficient (Wildman–Crippen LogP) is 5.11. The van der Waals surface area contributed by atoms with Crippen molar-refractivity contribution in [1.82, 2.24) is 10.3 Å². The van der Waals surface area contributed by atoms with Crippen LogP contribution < -0.4 is 14.8 Å². The highest BCUT2D eigenvalue weighted by atomic mass is 35.5. The Morgan fingerprint density at radius 1 is 0.964 bits per heavy atom. The number of hydrogen-bond acceptors (Lipinski definition) is 3. The Morgan fingerprint density at radius 3 is 2.50 bits per heavy atom. The van der Waals surface area contributed by atoms with E-state index in [0.29, 0.717) is 0 Å². The number of aromatic nitrogens is 1. The highest BCUT2D eigenvalue weighted by molar-refractivity contribution is 5.87. The molecular weight excluding hydrogens is 372 g/mol. The smallest absolute Gasteiger partial charge is 0.164 e. The second-order valence-electron chi connectivity index (χ2n) is 7.76. The summed E-state index contributed by atoms with van der Waals surface area (Å²) in [7, 11) is 3.43. The van der Waals surface area contributed by atoms with Gasteiger partial charge in [-0.15, -0.1) is 12.4 Å². The van der Waals surface area contributed by atoms with E-state index in [4.69, 9.17) is 9.47 Å². The van der Waals surface area contributed by atoms with E-state index < -0.39 is 0 Å². The molecule has 1 aromatic heterocycles. The number of hydrogen-bond donors (Lipinski definition) is 2. The fourth-order valence-electron chi connectivity index (χ4n) is 5.25. The molecule has 148 valence electrons. The van der Waals surface area contributed by atoms with Crippen LogP contribution in [0.2, 0.25) is 0 Å². The number of benzene rings is 2. The SMILES string of the molecule is COc1cccc(C2CNC3(CCCC3)c3[nH]c4ccccc4c32)c1OC.Cl. The molecule has 28 heavy (non-hydrogen) atoms. The average molecular weight is 399 g/mol. The van der Waals surface area contributed by atoms with Crippen molar-refractivity contribution >= 4 is 23.3 Å². The van der Waals surface area contributed by atoms with Crippen molar-refractivity contribution in [1.29, 1.82) is 0 Å². The summed E-state index contributed by atoms with van der Waals surface area (Å²) in [6, 6.07) is 14.9. The lowest BCUT2D eigenvalue weighted by atomic mass is 9.78. The summed E-state index contributed by atoms with van der Waals surface area (Å²) >= 11 is 0. The number of H-pyrrole nitrogens is 1. The van der Waals surface area contributed by atoms with E-state index in [2.05, 4.69) is 46.7 Å². The summed E-state index contributed by atoms with van der Waals surface area (Å²) in [5.41, 5.74) is 5.31. The highest BCUT2D eigenvalue weighted by Gasteiger charge is 2.44. The van der Waals surface area contributed by atoms with Crippen LogP contribution in [-0.4, -0.2) is 25.7 Å². The molecule has 1 fully saturated rings. The molecule has 0 radical (unpaired) electrons. The largest absolute Gasteiger partial charge is 0.493 e. The fraction of sp³-hybridized carbons (Fsp3) is 0.391. The zero-order valence-corrected chi connectivity index (χ0v) is 17.2. The van der Waals surface area contributed by atoms with Crippen molar-refractivity contribution in [2.45, 2.75) is 37.1 Å². The first-order valence-electron chi connectivity index (χ1n) is 9.84. The Hall–Kier alpha value is -2.17. The second-order valence-corrected chi connectivity index (χ2v) is 7.76. The highest BCUT2D eigenvalue weighted by Crippen LogP contribution is 2.50. The van der Waals surface area contributed by atoms with Gasteiger partial charge in [-0.2, -0.15) is 0 Å². The lowest BCUT2D eigenvalue weighted by Crippen LogP contribution is -2.47. The van der Waals surface area contributed by atoms with Crippen molar-refractivity contribution in [3.8, 4) is 11.5 Å². The van der Waals surface area contributed by atoms with E-state index in [1.807, 2.05) is 6.07 Å². The van der Waals surface area contributed by atoms with Crippen LogP contribution in [-0.2, 0) is 5.54 Å². The molecule has 2 aromatic carbocycles. The molecule has 1 atom stereocenters. The summed E-state index contributed by atoms with van der Waals surface area (Å²) in [5, 5.41) is 5.25. The topological polar surface area (TPSA) is 46.3 Å². The summed E-state index contributed by atoms with van der Waals surface area (Å²) in [4.78, 5) is 3.78. The van der Waals surface area contributed by atoms with Gasteiger partial charge in [0.05, 0.1) is 19.8 Å². The van der Waals surface area contributed by atoms with Gasteiger partial charge in [0.25, 0.3) is 0 Å². The van der Waals surface area contributed by atoms with E-state index in [1.54, 1.807) is 14.2 Å². The van der Waals surface area contributed by atoms with E-state index in [1.165, 1.54) is 53.4 Å². The van der Waals surface area contributed by atoms with Crippen molar-refractivity contribution in [2.24, 2.45) is 0 Å². The van der Waals surface area contributed by atoms with Crippen LogP contribution >= 0.6 is 12.4 Å². The number of halogens is 1. The van der Waals surface area contributed by atoms with Gasteiger partial charge in [0.2, 0.25) is 0 Å². The molecular formula is C23H27ClN2O2. The Kier molecular flexibility index (Phi) is 5.02. The molecule has 2 aliphatic rings. The first kappa shape index (κ1) is 19.2. The zero-order valence-electron chi connectivity index (χ0n) is 16.4. The zero-order chi connectivity index (χ0) is 18.4. The molecule has 5 rings (SSSR count). The number of rotatable bonds is 3. The lowest BCUT2D eigenvalue weighted by molar-refractivity contribution is 0.302.